The van der Waals surface area contributed by atoms with Crippen LogP contribution in [0.4, 0.5) is 0 Å². The summed E-state index contributed by atoms with van der Waals surface area (Å²) in [5.74, 6) is 0. The third kappa shape index (κ3) is 4.26. The van der Waals surface area contributed by atoms with E-state index in [0.717, 1.165) is 5.56 Å². The first-order valence-electron chi connectivity index (χ1n) is 6.82. The van der Waals surface area contributed by atoms with Gasteiger partial charge in [-0.3, -0.25) is 0 Å². The van der Waals surface area contributed by atoms with E-state index in [1.54, 1.807) is 19.1 Å². The van der Waals surface area contributed by atoms with Crippen LogP contribution in [0.3, 0.4) is 0 Å². The molecule has 21 heavy (non-hydrogen) atoms. The molecule has 0 radical (unpaired) electrons. The lowest BCUT2D eigenvalue weighted by Crippen LogP contribution is -2.51. The summed E-state index contributed by atoms with van der Waals surface area (Å²) in [4.78, 5) is 0.169. The highest BCUT2D eigenvalue weighted by atomic mass is 32.2. The molecule has 0 aromatic heterocycles. The molecule has 1 aromatic rings. The van der Waals surface area contributed by atoms with Crippen LogP contribution in [0.25, 0.3) is 0 Å². The molecule has 0 fully saturated rings. The van der Waals surface area contributed by atoms with E-state index in [9.17, 15) is 18.6 Å². The fourth-order valence-electron chi connectivity index (χ4n) is 1.85. The average Bonchev–Trinajstić information content (AvgIpc) is 2.37. The summed E-state index contributed by atoms with van der Waals surface area (Å²) < 4.78 is 27.4. The highest BCUT2D eigenvalue weighted by Crippen LogP contribution is 2.27. The lowest BCUT2D eigenvalue weighted by atomic mass is 9.87. The molecular weight excluding hydrogens is 290 g/mol. The fourth-order valence-corrected chi connectivity index (χ4v) is 3.51. The smallest absolute Gasteiger partial charge is 0.241 e. The molecule has 0 aliphatic carbocycles. The van der Waals surface area contributed by atoms with Crippen LogP contribution in [0.15, 0.2) is 23.1 Å². The van der Waals surface area contributed by atoms with Gasteiger partial charge in [0.1, 0.15) is 0 Å². The van der Waals surface area contributed by atoms with Crippen molar-refractivity contribution in [3.8, 4) is 0 Å². The maximum atomic E-state index is 12.5. The molecule has 0 bridgehead atoms. The van der Waals surface area contributed by atoms with Crippen LogP contribution in [0.1, 0.15) is 38.8 Å². The van der Waals surface area contributed by atoms with E-state index in [-0.39, 0.29) is 10.3 Å². The minimum absolute atomic E-state index is 0.169. The molecule has 5 nitrogen and oxygen atoms in total. The van der Waals surface area contributed by atoms with Crippen molar-refractivity contribution >= 4 is 10.0 Å². The normalized spacial score (nSPS) is 13.5. The fraction of sp³-hybridized carbons (Fsp3) is 0.600. The SMILES string of the molecule is Cc1ccc(C(C)(C)C)cc1S(=O)(=O)NC(C)(CO)CO. The van der Waals surface area contributed by atoms with Crippen molar-refractivity contribution in [2.24, 2.45) is 0 Å². The summed E-state index contributed by atoms with van der Waals surface area (Å²) in [5, 5.41) is 18.5. The second-order valence-corrected chi connectivity index (χ2v) is 8.36. The van der Waals surface area contributed by atoms with E-state index in [2.05, 4.69) is 4.72 Å². The lowest BCUT2D eigenvalue weighted by molar-refractivity contribution is 0.121. The molecule has 120 valence electrons. The van der Waals surface area contributed by atoms with Gasteiger partial charge in [-0.25, -0.2) is 13.1 Å². The number of rotatable bonds is 5. The predicted molar refractivity (Wildman–Crippen MR) is 82.8 cm³/mol. The molecule has 1 aromatic carbocycles. The second kappa shape index (κ2) is 6.04. The maximum absolute atomic E-state index is 12.5. The van der Waals surface area contributed by atoms with Crippen LogP contribution in [0, 0.1) is 6.92 Å². The Hall–Kier alpha value is -0.950. The third-order valence-electron chi connectivity index (χ3n) is 3.42. The van der Waals surface area contributed by atoms with Gasteiger partial charge in [-0.15, -0.1) is 0 Å². The molecule has 1 rings (SSSR count). The Kier molecular flexibility index (Phi) is 5.21. The Bertz CT molecular complexity index is 599. The monoisotopic (exact) mass is 315 g/mol. The van der Waals surface area contributed by atoms with E-state index < -0.39 is 28.8 Å². The number of sulfonamides is 1. The minimum Gasteiger partial charge on any atom is -0.394 e. The Labute approximate surface area is 127 Å². The zero-order valence-corrected chi connectivity index (χ0v) is 14.1. The zero-order valence-electron chi connectivity index (χ0n) is 13.3. The van der Waals surface area contributed by atoms with Crippen LogP contribution in [0.2, 0.25) is 0 Å². The summed E-state index contributed by atoms with van der Waals surface area (Å²) in [6.07, 6.45) is 0. The quantitative estimate of drug-likeness (QED) is 0.765. The summed E-state index contributed by atoms with van der Waals surface area (Å²) in [7, 11) is -3.83. The highest BCUT2D eigenvalue weighted by molar-refractivity contribution is 7.89. The molecule has 0 aliphatic rings. The van der Waals surface area contributed by atoms with E-state index >= 15 is 0 Å². The van der Waals surface area contributed by atoms with Crippen LogP contribution >= 0.6 is 0 Å². The van der Waals surface area contributed by atoms with Crippen molar-refractivity contribution < 1.29 is 18.6 Å². The van der Waals surface area contributed by atoms with Gasteiger partial charge in [0.05, 0.1) is 23.6 Å². The van der Waals surface area contributed by atoms with E-state index in [4.69, 9.17) is 0 Å². The molecule has 0 spiro atoms. The average molecular weight is 315 g/mol. The van der Waals surface area contributed by atoms with Gasteiger partial charge in [-0.05, 0) is 36.5 Å². The Balaban J connectivity index is 3.32. The zero-order chi connectivity index (χ0) is 16.5. The first-order valence-corrected chi connectivity index (χ1v) is 8.30. The number of hydrogen-bond donors (Lipinski definition) is 3. The number of aliphatic hydroxyl groups excluding tert-OH is 2. The predicted octanol–water partition coefficient (Wildman–Crippen LogP) is 1.31. The third-order valence-corrected chi connectivity index (χ3v) is 5.20. The van der Waals surface area contributed by atoms with Crippen molar-refractivity contribution in [3.05, 3.63) is 29.3 Å². The van der Waals surface area contributed by atoms with Crippen LogP contribution in [-0.2, 0) is 15.4 Å². The van der Waals surface area contributed by atoms with Crippen molar-refractivity contribution in [1.29, 1.82) is 0 Å². The molecule has 6 heteroatoms. The van der Waals surface area contributed by atoms with Gasteiger partial charge < -0.3 is 10.2 Å². The number of nitrogens with one attached hydrogen (secondary N) is 1. The number of hydrogen-bond acceptors (Lipinski definition) is 4. The number of aliphatic hydroxyl groups is 2. The largest absolute Gasteiger partial charge is 0.394 e. The van der Waals surface area contributed by atoms with Crippen LogP contribution in [0.5, 0.6) is 0 Å². The number of aryl methyl sites for hydroxylation is 1. The molecule has 0 saturated heterocycles. The van der Waals surface area contributed by atoms with Crippen LogP contribution < -0.4 is 4.72 Å². The Morgan fingerprint density at radius 2 is 1.62 bits per heavy atom. The molecule has 0 atom stereocenters. The Morgan fingerprint density at radius 1 is 1.10 bits per heavy atom. The second-order valence-electron chi connectivity index (χ2n) is 6.71. The highest BCUT2D eigenvalue weighted by Gasteiger charge is 2.31. The van der Waals surface area contributed by atoms with E-state index in [0.29, 0.717) is 5.56 Å². The van der Waals surface area contributed by atoms with Gasteiger partial charge in [-0.2, -0.15) is 0 Å². The Morgan fingerprint density at radius 3 is 2.05 bits per heavy atom. The summed E-state index contributed by atoms with van der Waals surface area (Å²) >= 11 is 0. The van der Waals surface area contributed by atoms with E-state index in [1.807, 2.05) is 26.8 Å². The molecule has 0 aliphatic heterocycles. The van der Waals surface area contributed by atoms with E-state index in [1.165, 1.54) is 6.92 Å². The summed E-state index contributed by atoms with van der Waals surface area (Å²) in [6, 6.07) is 5.32. The molecular formula is C15H25NO4S. The van der Waals surface area contributed by atoms with Crippen molar-refractivity contribution in [1.82, 2.24) is 4.72 Å². The van der Waals surface area contributed by atoms with Gasteiger partial charge >= 0.3 is 0 Å². The molecule has 0 saturated carbocycles. The molecule has 0 amide bonds. The molecule has 0 unspecified atom stereocenters. The van der Waals surface area contributed by atoms with Crippen molar-refractivity contribution in [3.63, 3.8) is 0 Å². The standard InChI is InChI=1S/C15H25NO4S/c1-11-6-7-12(14(2,3)4)8-13(11)21(19,20)16-15(5,9-17)10-18/h6-8,16-18H,9-10H2,1-5H3. The van der Waals surface area contributed by atoms with Gasteiger partial charge in [-0.1, -0.05) is 32.9 Å². The van der Waals surface area contributed by atoms with Gasteiger partial charge in [0.15, 0.2) is 0 Å². The topological polar surface area (TPSA) is 86.6 Å². The molecule has 3 N–H and O–H groups in total. The maximum Gasteiger partial charge on any atom is 0.241 e. The first kappa shape index (κ1) is 18.1. The number of benzene rings is 1. The summed E-state index contributed by atoms with van der Waals surface area (Å²) in [6.45, 7) is 8.22. The van der Waals surface area contributed by atoms with Gasteiger partial charge in [0.25, 0.3) is 0 Å². The summed E-state index contributed by atoms with van der Waals surface area (Å²) in [5.41, 5.74) is 0.0648. The molecule has 0 heterocycles. The van der Waals surface area contributed by atoms with Crippen molar-refractivity contribution in [2.75, 3.05) is 13.2 Å². The first-order chi connectivity index (χ1) is 9.45. The van der Waals surface area contributed by atoms with Crippen molar-refractivity contribution in [2.45, 2.75) is 50.5 Å². The minimum atomic E-state index is -3.83. The lowest BCUT2D eigenvalue weighted by Gasteiger charge is -2.27. The van der Waals surface area contributed by atoms with Gasteiger partial charge in [0.2, 0.25) is 10.0 Å². The van der Waals surface area contributed by atoms with Gasteiger partial charge in [0, 0.05) is 0 Å². The van der Waals surface area contributed by atoms with Crippen LogP contribution in [-0.4, -0.2) is 37.4 Å².